The number of hydrazone groups is 1. The molecule has 8 heteroatoms. The zero-order valence-corrected chi connectivity index (χ0v) is 18.1. The van der Waals surface area contributed by atoms with Crippen LogP contribution in [-0.4, -0.2) is 37.8 Å². The molecule has 0 heterocycles. The van der Waals surface area contributed by atoms with Gasteiger partial charge in [0.15, 0.2) is 11.5 Å². The van der Waals surface area contributed by atoms with Gasteiger partial charge in [-0.2, -0.15) is 5.10 Å². The number of hydrogen-bond donors (Lipinski definition) is 2. The summed E-state index contributed by atoms with van der Waals surface area (Å²) in [7, 11) is 1.54. The van der Waals surface area contributed by atoms with Crippen LogP contribution in [0, 0.1) is 11.7 Å². The number of rotatable bonds is 10. The second-order valence-electron chi connectivity index (χ2n) is 7.17. The molecule has 2 N–H and O–H groups in total. The number of nitrogens with zero attached hydrogens (tertiary/aromatic N) is 1. The van der Waals surface area contributed by atoms with Gasteiger partial charge in [0.25, 0.3) is 11.8 Å². The zero-order chi connectivity index (χ0) is 22.8. The third-order valence-corrected chi connectivity index (χ3v) is 4.39. The average molecular weight is 429 g/mol. The molecule has 2 aromatic carbocycles. The molecule has 31 heavy (non-hydrogen) atoms. The Morgan fingerprint density at radius 1 is 1.16 bits per heavy atom. The first-order valence-electron chi connectivity index (χ1n) is 10.1. The minimum Gasteiger partial charge on any atom is -0.493 e. The monoisotopic (exact) mass is 429 g/mol. The molecule has 0 saturated heterocycles. The summed E-state index contributed by atoms with van der Waals surface area (Å²) in [6, 6.07) is 10.00. The first-order valence-corrected chi connectivity index (χ1v) is 10.1. The van der Waals surface area contributed by atoms with Crippen LogP contribution in [0.25, 0.3) is 0 Å². The maximum atomic E-state index is 13.8. The predicted octanol–water partition coefficient (Wildman–Crippen LogP) is 3.53. The summed E-state index contributed by atoms with van der Waals surface area (Å²) in [5.74, 6) is -0.876. The largest absolute Gasteiger partial charge is 0.493 e. The van der Waals surface area contributed by atoms with E-state index in [0.717, 1.165) is 6.42 Å². The second kappa shape index (κ2) is 11.7. The van der Waals surface area contributed by atoms with Crippen molar-refractivity contribution in [2.45, 2.75) is 33.2 Å². The van der Waals surface area contributed by atoms with E-state index in [0.29, 0.717) is 23.7 Å². The van der Waals surface area contributed by atoms with Gasteiger partial charge < -0.3 is 14.8 Å². The molecule has 0 bridgehead atoms. The van der Waals surface area contributed by atoms with E-state index in [-0.39, 0.29) is 11.5 Å². The van der Waals surface area contributed by atoms with Crippen LogP contribution in [0.4, 0.5) is 4.39 Å². The predicted molar refractivity (Wildman–Crippen MR) is 117 cm³/mol. The fourth-order valence-corrected chi connectivity index (χ4v) is 2.74. The molecule has 0 radical (unpaired) electrons. The molecule has 0 aliphatic carbocycles. The Balaban J connectivity index is 2.04. The van der Waals surface area contributed by atoms with Crippen LogP contribution in [-0.2, 0) is 4.79 Å². The summed E-state index contributed by atoms with van der Waals surface area (Å²) < 4.78 is 24.8. The summed E-state index contributed by atoms with van der Waals surface area (Å²) in [4.78, 5) is 24.9. The van der Waals surface area contributed by atoms with Crippen molar-refractivity contribution in [1.82, 2.24) is 10.7 Å². The SMILES string of the molecule is CCCOc1ccc(C=NNC(=O)C(NC(=O)c2ccccc2F)C(C)C)cc1OC. The van der Waals surface area contributed by atoms with Gasteiger partial charge in [0.1, 0.15) is 11.9 Å². The first-order chi connectivity index (χ1) is 14.9. The van der Waals surface area contributed by atoms with Crippen LogP contribution in [0.1, 0.15) is 43.1 Å². The minimum absolute atomic E-state index is 0.123. The van der Waals surface area contributed by atoms with Crippen LogP contribution in [0.3, 0.4) is 0 Å². The Bertz CT molecular complexity index is 931. The maximum Gasteiger partial charge on any atom is 0.262 e. The molecule has 0 saturated carbocycles. The quantitative estimate of drug-likeness (QED) is 0.447. The van der Waals surface area contributed by atoms with E-state index in [2.05, 4.69) is 15.8 Å². The highest BCUT2D eigenvalue weighted by atomic mass is 19.1. The van der Waals surface area contributed by atoms with Crippen molar-refractivity contribution in [3.8, 4) is 11.5 Å². The number of benzene rings is 2. The summed E-state index contributed by atoms with van der Waals surface area (Å²) in [5.41, 5.74) is 2.99. The van der Waals surface area contributed by atoms with Gasteiger partial charge in [0, 0.05) is 0 Å². The lowest BCUT2D eigenvalue weighted by atomic mass is 10.0. The van der Waals surface area contributed by atoms with E-state index in [9.17, 15) is 14.0 Å². The smallest absolute Gasteiger partial charge is 0.262 e. The standard InChI is InChI=1S/C23H28FN3O4/c1-5-12-31-19-11-10-16(13-20(19)30-4)14-25-27-23(29)21(15(2)3)26-22(28)17-8-6-7-9-18(17)24/h6-11,13-15,21H,5,12H2,1-4H3,(H,26,28)(H,27,29). The van der Waals surface area contributed by atoms with Crippen molar-refractivity contribution in [2.75, 3.05) is 13.7 Å². The molecule has 1 atom stereocenters. The lowest BCUT2D eigenvalue weighted by Gasteiger charge is -2.20. The topological polar surface area (TPSA) is 89.0 Å². The van der Waals surface area contributed by atoms with E-state index >= 15 is 0 Å². The second-order valence-corrected chi connectivity index (χ2v) is 7.17. The number of hydrogen-bond acceptors (Lipinski definition) is 5. The number of carbonyl (C=O) groups excluding carboxylic acids is 2. The number of halogens is 1. The van der Waals surface area contributed by atoms with E-state index < -0.39 is 23.7 Å². The fourth-order valence-electron chi connectivity index (χ4n) is 2.74. The molecule has 2 amide bonds. The lowest BCUT2D eigenvalue weighted by Crippen LogP contribution is -2.48. The molecule has 0 fully saturated rings. The number of methoxy groups -OCH3 is 1. The van der Waals surface area contributed by atoms with Gasteiger partial charge in [-0.3, -0.25) is 9.59 Å². The van der Waals surface area contributed by atoms with Crippen molar-refractivity contribution in [2.24, 2.45) is 11.0 Å². The molecular formula is C23H28FN3O4. The van der Waals surface area contributed by atoms with Crippen LogP contribution in [0.5, 0.6) is 11.5 Å². The van der Waals surface area contributed by atoms with Crippen LogP contribution >= 0.6 is 0 Å². The third kappa shape index (κ3) is 6.80. The van der Waals surface area contributed by atoms with Crippen molar-refractivity contribution in [1.29, 1.82) is 0 Å². The molecule has 0 spiro atoms. The van der Waals surface area contributed by atoms with Gasteiger partial charge in [-0.1, -0.05) is 32.9 Å². The van der Waals surface area contributed by atoms with E-state index in [1.54, 1.807) is 45.2 Å². The van der Waals surface area contributed by atoms with Gasteiger partial charge in [-0.25, -0.2) is 9.82 Å². The highest BCUT2D eigenvalue weighted by Crippen LogP contribution is 2.27. The molecule has 166 valence electrons. The Hall–Kier alpha value is -3.42. The zero-order valence-electron chi connectivity index (χ0n) is 18.1. The highest BCUT2D eigenvalue weighted by Gasteiger charge is 2.25. The summed E-state index contributed by atoms with van der Waals surface area (Å²) in [6.07, 6.45) is 2.34. The normalized spacial score (nSPS) is 11.9. The Morgan fingerprint density at radius 2 is 1.90 bits per heavy atom. The number of amides is 2. The van der Waals surface area contributed by atoms with E-state index in [1.807, 2.05) is 6.92 Å². The molecule has 7 nitrogen and oxygen atoms in total. The molecule has 2 aromatic rings. The number of ether oxygens (including phenoxy) is 2. The average Bonchev–Trinajstić information content (AvgIpc) is 2.76. The number of nitrogens with one attached hydrogen (secondary N) is 2. The summed E-state index contributed by atoms with van der Waals surface area (Å²) in [5, 5.41) is 6.53. The molecule has 0 aliphatic rings. The van der Waals surface area contributed by atoms with Crippen molar-refractivity contribution >= 4 is 18.0 Å². The van der Waals surface area contributed by atoms with Gasteiger partial charge in [0.05, 0.1) is 25.5 Å². The Kier molecular flexibility index (Phi) is 8.99. The van der Waals surface area contributed by atoms with Gasteiger partial charge in [-0.15, -0.1) is 0 Å². The maximum absolute atomic E-state index is 13.8. The van der Waals surface area contributed by atoms with E-state index in [4.69, 9.17) is 9.47 Å². The van der Waals surface area contributed by atoms with Crippen LogP contribution in [0.15, 0.2) is 47.6 Å². The van der Waals surface area contributed by atoms with Crippen LogP contribution in [0.2, 0.25) is 0 Å². The van der Waals surface area contributed by atoms with Gasteiger partial charge in [0.2, 0.25) is 0 Å². The van der Waals surface area contributed by atoms with Crippen LogP contribution < -0.4 is 20.2 Å². The molecule has 1 unspecified atom stereocenters. The third-order valence-electron chi connectivity index (χ3n) is 4.39. The van der Waals surface area contributed by atoms with Crippen molar-refractivity contribution < 1.29 is 23.5 Å². The summed E-state index contributed by atoms with van der Waals surface area (Å²) in [6.45, 7) is 6.14. The molecule has 0 aliphatic heterocycles. The molecular weight excluding hydrogens is 401 g/mol. The van der Waals surface area contributed by atoms with Crippen molar-refractivity contribution in [3.05, 3.63) is 59.4 Å². The van der Waals surface area contributed by atoms with E-state index in [1.165, 1.54) is 24.4 Å². The highest BCUT2D eigenvalue weighted by molar-refractivity contribution is 5.98. The van der Waals surface area contributed by atoms with Gasteiger partial charge >= 0.3 is 0 Å². The minimum atomic E-state index is -0.886. The Labute approximate surface area is 181 Å². The Morgan fingerprint density at radius 3 is 2.55 bits per heavy atom. The van der Waals surface area contributed by atoms with Crippen molar-refractivity contribution in [3.63, 3.8) is 0 Å². The molecule has 2 rings (SSSR count). The van der Waals surface area contributed by atoms with Gasteiger partial charge in [-0.05, 0) is 48.2 Å². The number of carbonyl (C=O) groups is 2. The fraction of sp³-hybridized carbons (Fsp3) is 0.348. The molecule has 0 aromatic heterocycles. The summed E-state index contributed by atoms with van der Waals surface area (Å²) >= 11 is 0. The lowest BCUT2D eigenvalue weighted by molar-refractivity contribution is -0.123. The first kappa shape index (κ1) is 23.9.